The molecule has 4 N–H and O–H groups in total. The van der Waals surface area contributed by atoms with Gasteiger partial charge in [-0.3, -0.25) is 9.52 Å². The maximum atomic E-state index is 13.0. The molecule has 0 spiro atoms. The van der Waals surface area contributed by atoms with E-state index in [0.29, 0.717) is 22.5 Å². The van der Waals surface area contributed by atoms with Gasteiger partial charge in [0.2, 0.25) is 0 Å². The number of nitrogens with one attached hydrogen (secondary N) is 4. The highest BCUT2D eigenvalue weighted by Crippen LogP contribution is 2.27. The van der Waals surface area contributed by atoms with Crippen LogP contribution in [0.1, 0.15) is 15.9 Å². The summed E-state index contributed by atoms with van der Waals surface area (Å²) in [5.41, 5.74) is 1.46. The van der Waals surface area contributed by atoms with Gasteiger partial charge < -0.3 is 24.8 Å². The van der Waals surface area contributed by atoms with Crippen LogP contribution >= 0.6 is 0 Å². The molecule has 1 aromatic heterocycles. The van der Waals surface area contributed by atoms with Crippen LogP contribution in [0, 0.1) is 0 Å². The summed E-state index contributed by atoms with van der Waals surface area (Å²) < 4.78 is 38.9. The number of fused-ring (bicyclic) bond motifs is 1. The largest absolute Gasteiger partial charge is 0.493 e. The highest BCUT2D eigenvalue weighted by atomic mass is 32.2. The third kappa shape index (κ3) is 4.74. The maximum absolute atomic E-state index is 13.0. The third-order valence-electron chi connectivity index (χ3n) is 5.11. The zero-order valence-electron chi connectivity index (χ0n) is 18.3. The molecule has 0 bridgehead atoms. The number of methoxy groups -OCH3 is 2. The molecule has 3 aromatic carbocycles. The molecule has 0 saturated carbocycles. The topological polar surface area (TPSA) is 142 Å². The number of aromatic amines is 2. The van der Waals surface area contributed by atoms with Gasteiger partial charge in [0, 0.05) is 6.54 Å². The van der Waals surface area contributed by atoms with Gasteiger partial charge in [0.05, 0.1) is 41.4 Å². The second-order valence-electron chi connectivity index (χ2n) is 7.31. The second kappa shape index (κ2) is 9.32. The van der Waals surface area contributed by atoms with Crippen molar-refractivity contribution in [1.29, 1.82) is 0 Å². The predicted molar refractivity (Wildman–Crippen MR) is 127 cm³/mol. The fourth-order valence-electron chi connectivity index (χ4n) is 3.42. The number of benzene rings is 3. The number of imidazole rings is 1. The quantitative estimate of drug-likeness (QED) is 0.304. The first-order valence-corrected chi connectivity index (χ1v) is 11.6. The van der Waals surface area contributed by atoms with Crippen LogP contribution in [0.25, 0.3) is 11.0 Å². The van der Waals surface area contributed by atoms with E-state index in [2.05, 4.69) is 20.0 Å². The normalized spacial score (nSPS) is 11.2. The Morgan fingerprint density at radius 3 is 2.41 bits per heavy atom. The Balaban J connectivity index is 1.53. The molecule has 176 valence electrons. The van der Waals surface area contributed by atoms with E-state index in [1.165, 1.54) is 44.6 Å². The number of H-pyrrole nitrogens is 2. The van der Waals surface area contributed by atoms with Crippen LogP contribution in [0.5, 0.6) is 11.5 Å². The maximum Gasteiger partial charge on any atom is 0.323 e. The number of hydrogen-bond acceptors (Lipinski definition) is 6. The number of carbonyl (C=O) groups is 1. The molecule has 10 nitrogen and oxygen atoms in total. The van der Waals surface area contributed by atoms with Crippen molar-refractivity contribution < 1.29 is 22.7 Å². The Morgan fingerprint density at radius 1 is 0.912 bits per heavy atom. The van der Waals surface area contributed by atoms with Crippen molar-refractivity contribution in [3.8, 4) is 11.5 Å². The summed E-state index contributed by atoms with van der Waals surface area (Å²) >= 11 is 0. The van der Waals surface area contributed by atoms with Gasteiger partial charge in [0.1, 0.15) is 0 Å². The molecular weight excluding hydrogens is 460 g/mol. The van der Waals surface area contributed by atoms with Crippen LogP contribution < -0.4 is 25.2 Å². The van der Waals surface area contributed by atoms with Crippen molar-refractivity contribution in [1.82, 2.24) is 15.3 Å². The minimum atomic E-state index is -4.03. The highest BCUT2D eigenvalue weighted by Gasteiger charge is 2.19. The van der Waals surface area contributed by atoms with Gasteiger partial charge in [-0.15, -0.1) is 0 Å². The van der Waals surface area contributed by atoms with E-state index in [0.717, 1.165) is 5.56 Å². The summed E-state index contributed by atoms with van der Waals surface area (Å²) in [6.45, 7) is 0.192. The molecule has 0 radical (unpaired) electrons. The van der Waals surface area contributed by atoms with Crippen LogP contribution in [-0.4, -0.2) is 38.5 Å². The standard InChI is InChI=1S/C23H22N4O6S/c1-32-20-10-7-14(11-21(20)33-2)13-24-22(28)16-5-3-4-6-17(16)27-34(30,31)15-8-9-18-19(12-15)26-23(29)25-18/h3-12,27H,13H2,1-2H3,(H,24,28)(H2,25,26,29). The summed E-state index contributed by atoms with van der Waals surface area (Å²) in [5.74, 6) is 0.640. The highest BCUT2D eigenvalue weighted by molar-refractivity contribution is 7.92. The Morgan fingerprint density at radius 2 is 1.65 bits per heavy atom. The lowest BCUT2D eigenvalue weighted by Crippen LogP contribution is -2.25. The van der Waals surface area contributed by atoms with E-state index in [1.807, 2.05) is 0 Å². The summed E-state index contributed by atoms with van der Waals surface area (Å²) in [6, 6.07) is 15.8. The number of sulfonamides is 1. The summed E-state index contributed by atoms with van der Waals surface area (Å²) in [4.78, 5) is 29.4. The van der Waals surface area contributed by atoms with Gasteiger partial charge in [-0.2, -0.15) is 0 Å². The molecule has 0 aliphatic carbocycles. The number of aromatic nitrogens is 2. The number of amides is 1. The zero-order valence-corrected chi connectivity index (χ0v) is 19.2. The fourth-order valence-corrected chi connectivity index (χ4v) is 4.53. The van der Waals surface area contributed by atoms with E-state index < -0.39 is 21.6 Å². The Labute approximate surface area is 195 Å². The second-order valence-corrected chi connectivity index (χ2v) is 8.99. The number of para-hydroxylation sites is 1. The summed E-state index contributed by atoms with van der Waals surface area (Å²) in [5, 5.41) is 2.78. The molecule has 0 aliphatic heterocycles. The van der Waals surface area contributed by atoms with E-state index in [9.17, 15) is 18.0 Å². The van der Waals surface area contributed by atoms with Crippen LogP contribution in [0.15, 0.2) is 70.4 Å². The lowest BCUT2D eigenvalue weighted by Gasteiger charge is -2.14. The number of anilines is 1. The molecule has 1 amide bonds. The lowest BCUT2D eigenvalue weighted by molar-refractivity contribution is 0.0951. The smallest absolute Gasteiger partial charge is 0.323 e. The lowest BCUT2D eigenvalue weighted by atomic mass is 10.1. The molecule has 11 heteroatoms. The van der Waals surface area contributed by atoms with Gasteiger partial charge in [-0.05, 0) is 48.0 Å². The van der Waals surface area contributed by atoms with E-state index >= 15 is 0 Å². The summed E-state index contributed by atoms with van der Waals surface area (Å²) in [6.07, 6.45) is 0. The van der Waals surface area contributed by atoms with E-state index in [-0.39, 0.29) is 22.7 Å². The first kappa shape index (κ1) is 22.9. The SMILES string of the molecule is COc1ccc(CNC(=O)c2ccccc2NS(=O)(=O)c2ccc3[nH]c(=O)[nH]c3c2)cc1OC. The van der Waals surface area contributed by atoms with Crippen LogP contribution in [-0.2, 0) is 16.6 Å². The molecule has 34 heavy (non-hydrogen) atoms. The average molecular weight is 483 g/mol. The van der Waals surface area contributed by atoms with Gasteiger partial charge in [0.15, 0.2) is 11.5 Å². The van der Waals surface area contributed by atoms with Crippen LogP contribution in [0.2, 0.25) is 0 Å². The van der Waals surface area contributed by atoms with Crippen molar-refractivity contribution >= 4 is 32.7 Å². The molecule has 0 atom stereocenters. The number of ether oxygens (including phenoxy) is 2. The Kier molecular flexibility index (Phi) is 6.28. The van der Waals surface area contributed by atoms with Crippen LogP contribution in [0.3, 0.4) is 0 Å². The van der Waals surface area contributed by atoms with Gasteiger partial charge in [-0.25, -0.2) is 13.2 Å². The van der Waals surface area contributed by atoms with Gasteiger partial charge in [-0.1, -0.05) is 18.2 Å². The first-order chi connectivity index (χ1) is 16.3. The number of rotatable bonds is 8. The van der Waals surface area contributed by atoms with Crippen LogP contribution in [0.4, 0.5) is 5.69 Å². The summed E-state index contributed by atoms with van der Waals surface area (Å²) in [7, 11) is -0.975. The monoisotopic (exact) mass is 482 g/mol. The van der Waals surface area contributed by atoms with Crippen molar-refractivity contribution in [2.45, 2.75) is 11.4 Å². The zero-order chi connectivity index (χ0) is 24.3. The van der Waals surface area contributed by atoms with E-state index in [4.69, 9.17) is 9.47 Å². The van der Waals surface area contributed by atoms with Crippen molar-refractivity contribution in [3.05, 3.63) is 82.3 Å². The molecule has 0 saturated heterocycles. The number of carbonyl (C=O) groups excluding carboxylic acids is 1. The average Bonchev–Trinajstić information content (AvgIpc) is 3.21. The fraction of sp³-hybridized carbons (Fsp3) is 0.130. The molecule has 4 rings (SSSR count). The minimum Gasteiger partial charge on any atom is -0.493 e. The molecule has 4 aromatic rings. The molecular formula is C23H22N4O6S. The van der Waals surface area contributed by atoms with Crippen molar-refractivity contribution in [2.24, 2.45) is 0 Å². The Bertz CT molecular complexity index is 1520. The molecule has 0 unspecified atom stereocenters. The van der Waals surface area contributed by atoms with Gasteiger partial charge >= 0.3 is 5.69 Å². The molecule has 0 aliphatic rings. The van der Waals surface area contributed by atoms with E-state index in [1.54, 1.807) is 30.3 Å². The van der Waals surface area contributed by atoms with Crippen molar-refractivity contribution in [2.75, 3.05) is 18.9 Å². The molecule has 0 fully saturated rings. The minimum absolute atomic E-state index is 0.0595. The van der Waals surface area contributed by atoms with Crippen molar-refractivity contribution in [3.63, 3.8) is 0 Å². The molecule has 1 heterocycles. The van der Waals surface area contributed by atoms with Gasteiger partial charge in [0.25, 0.3) is 15.9 Å². The Hall–Kier alpha value is -4.25. The number of hydrogen-bond donors (Lipinski definition) is 4. The third-order valence-corrected chi connectivity index (χ3v) is 6.48. The predicted octanol–water partition coefficient (Wildman–Crippen LogP) is 2.60. The first-order valence-electron chi connectivity index (χ1n) is 10.1.